The molecule has 2 nitrogen and oxygen atoms in total. The molecule has 1 heterocycles. The third-order valence-electron chi connectivity index (χ3n) is 3.58. The fraction of sp³-hybridized carbons (Fsp3) is 0.571. The summed E-state index contributed by atoms with van der Waals surface area (Å²) < 4.78 is 44.6. The van der Waals surface area contributed by atoms with Gasteiger partial charge in [-0.3, -0.25) is 0 Å². The summed E-state index contributed by atoms with van der Waals surface area (Å²) >= 11 is 3.04. The Morgan fingerprint density at radius 3 is 2.55 bits per heavy atom. The molecule has 1 aliphatic heterocycles. The molecule has 1 aromatic rings. The predicted octanol–water partition coefficient (Wildman–Crippen LogP) is 4.32. The lowest BCUT2D eigenvalue weighted by atomic mass is 9.89. The van der Waals surface area contributed by atoms with E-state index in [1.54, 1.807) is 0 Å². The largest absolute Gasteiger partial charge is 0.416 e. The summed E-state index contributed by atoms with van der Waals surface area (Å²) in [6.45, 7) is 1.23. The van der Waals surface area contributed by atoms with Crippen LogP contribution >= 0.6 is 15.9 Å². The quantitative estimate of drug-likeness (QED) is 0.877. The fourth-order valence-electron chi connectivity index (χ4n) is 2.49. The smallest absolute Gasteiger partial charge is 0.388 e. The lowest BCUT2D eigenvalue weighted by Gasteiger charge is -2.25. The van der Waals surface area contributed by atoms with E-state index in [0.717, 1.165) is 18.9 Å². The maximum atomic E-state index is 13.0. The van der Waals surface area contributed by atoms with Gasteiger partial charge in [-0.15, -0.1) is 0 Å². The van der Waals surface area contributed by atoms with Crippen molar-refractivity contribution in [3.8, 4) is 0 Å². The molecule has 20 heavy (non-hydrogen) atoms. The molecule has 2 rings (SSSR count). The number of aliphatic hydroxyl groups excluding tert-OH is 1. The van der Waals surface area contributed by atoms with Crippen molar-refractivity contribution >= 4 is 15.9 Å². The lowest BCUT2D eigenvalue weighted by molar-refractivity contribution is -0.139. The van der Waals surface area contributed by atoms with Gasteiger partial charge in [0, 0.05) is 17.7 Å². The minimum Gasteiger partial charge on any atom is -0.388 e. The van der Waals surface area contributed by atoms with Crippen LogP contribution in [0.5, 0.6) is 0 Å². The Morgan fingerprint density at radius 2 is 1.95 bits per heavy atom. The Kier molecular flexibility index (Phi) is 5.09. The number of ether oxygens (including phenoxy) is 1. The molecule has 0 radical (unpaired) electrons. The maximum Gasteiger partial charge on any atom is 0.416 e. The van der Waals surface area contributed by atoms with E-state index in [2.05, 4.69) is 15.9 Å². The summed E-state index contributed by atoms with van der Waals surface area (Å²) in [5.41, 5.74) is -0.821. The van der Waals surface area contributed by atoms with Crippen LogP contribution in [0.1, 0.15) is 36.5 Å². The highest BCUT2D eigenvalue weighted by molar-refractivity contribution is 9.10. The van der Waals surface area contributed by atoms with E-state index in [1.807, 2.05) is 0 Å². The number of aliphatic hydroxyl groups is 1. The molecule has 1 N–H and O–H groups in total. The van der Waals surface area contributed by atoms with Gasteiger partial charge in [-0.25, -0.2) is 0 Å². The molecule has 0 aromatic heterocycles. The number of alkyl halides is 3. The minimum atomic E-state index is -4.46. The SMILES string of the molecule is OC(CC1CCOCC1)c1ccc(Br)cc1C(F)(F)F. The molecule has 0 saturated carbocycles. The average Bonchev–Trinajstić information content (AvgIpc) is 2.38. The molecule has 1 aromatic carbocycles. The number of halogens is 4. The molecule has 0 spiro atoms. The summed E-state index contributed by atoms with van der Waals surface area (Å²) in [6, 6.07) is 3.89. The molecule has 112 valence electrons. The van der Waals surface area contributed by atoms with E-state index < -0.39 is 17.8 Å². The monoisotopic (exact) mass is 352 g/mol. The van der Waals surface area contributed by atoms with Crippen molar-refractivity contribution < 1.29 is 23.0 Å². The zero-order chi connectivity index (χ0) is 14.8. The molecule has 6 heteroatoms. The number of hydrogen-bond donors (Lipinski definition) is 1. The Hall–Kier alpha value is -0.590. The van der Waals surface area contributed by atoms with Gasteiger partial charge in [-0.2, -0.15) is 13.2 Å². The van der Waals surface area contributed by atoms with E-state index in [1.165, 1.54) is 12.1 Å². The lowest BCUT2D eigenvalue weighted by Crippen LogP contribution is -2.19. The van der Waals surface area contributed by atoms with Crippen LogP contribution in [0.3, 0.4) is 0 Å². The topological polar surface area (TPSA) is 29.5 Å². The Labute approximate surface area is 124 Å². The van der Waals surface area contributed by atoms with Crippen LogP contribution in [0, 0.1) is 5.92 Å². The Balaban J connectivity index is 2.18. The first-order chi connectivity index (χ1) is 9.38. The number of rotatable bonds is 3. The van der Waals surface area contributed by atoms with Crippen molar-refractivity contribution in [2.45, 2.75) is 31.5 Å². The van der Waals surface area contributed by atoms with Gasteiger partial charge in [0.05, 0.1) is 11.7 Å². The highest BCUT2D eigenvalue weighted by atomic mass is 79.9. The van der Waals surface area contributed by atoms with Crippen LogP contribution in [0.4, 0.5) is 13.2 Å². The summed E-state index contributed by atoms with van der Waals surface area (Å²) in [5.74, 6) is 0.212. The van der Waals surface area contributed by atoms with Crippen molar-refractivity contribution in [3.63, 3.8) is 0 Å². The number of hydrogen-bond acceptors (Lipinski definition) is 2. The van der Waals surface area contributed by atoms with Gasteiger partial charge in [0.1, 0.15) is 0 Å². The zero-order valence-corrected chi connectivity index (χ0v) is 12.4. The maximum absolute atomic E-state index is 13.0. The van der Waals surface area contributed by atoms with Crippen LogP contribution in [-0.2, 0) is 10.9 Å². The van der Waals surface area contributed by atoms with Crippen LogP contribution in [0.25, 0.3) is 0 Å². The first-order valence-corrected chi connectivity index (χ1v) is 7.29. The average molecular weight is 353 g/mol. The van der Waals surface area contributed by atoms with Gasteiger partial charge >= 0.3 is 6.18 Å². The highest BCUT2D eigenvalue weighted by Crippen LogP contribution is 2.38. The highest BCUT2D eigenvalue weighted by Gasteiger charge is 2.35. The second-order valence-electron chi connectivity index (χ2n) is 5.04. The molecule has 0 amide bonds. The zero-order valence-electron chi connectivity index (χ0n) is 10.8. The van der Waals surface area contributed by atoms with E-state index in [4.69, 9.17) is 4.74 Å². The second-order valence-corrected chi connectivity index (χ2v) is 5.95. The minimum absolute atomic E-state index is 0.0489. The Bertz CT molecular complexity index is 456. The third-order valence-corrected chi connectivity index (χ3v) is 4.07. The second kappa shape index (κ2) is 6.45. The van der Waals surface area contributed by atoms with E-state index in [0.29, 0.717) is 24.1 Å². The molecule has 1 unspecified atom stereocenters. The summed E-state index contributed by atoms with van der Waals surface area (Å²) in [5, 5.41) is 10.2. The first kappa shape index (κ1) is 15.8. The van der Waals surface area contributed by atoms with Crippen molar-refractivity contribution in [1.29, 1.82) is 0 Å². The van der Waals surface area contributed by atoms with Crippen LogP contribution < -0.4 is 0 Å². The first-order valence-electron chi connectivity index (χ1n) is 6.50. The molecule has 0 bridgehead atoms. The van der Waals surface area contributed by atoms with Crippen molar-refractivity contribution in [2.24, 2.45) is 5.92 Å². The molecule has 1 aliphatic rings. The third kappa shape index (κ3) is 3.96. The van der Waals surface area contributed by atoms with Gasteiger partial charge < -0.3 is 9.84 Å². The van der Waals surface area contributed by atoms with Crippen molar-refractivity contribution in [3.05, 3.63) is 33.8 Å². The molecule has 1 fully saturated rings. The van der Waals surface area contributed by atoms with Gasteiger partial charge in [-0.05, 0) is 42.9 Å². The standard InChI is InChI=1S/C14H16BrF3O2/c15-10-1-2-11(12(8-10)14(16,17)18)13(19)7-9-3-5-20-6-4-9/h1-2,8-9,13,19H,3-7H2. The van der Waals surface area contributed by atoms with E-state index >= 15 is 0 Å². The fourth-order valence-corrected chi connectivity index (χ4v) is 2.85. The van der Waals surface area contributed by atoms with Gasteiger partial charge in [0.15, 0.2) is 0 Å². The molecule has 0 aliphatic carbocycles. The van der Waals surface area contributed by atoms with Gasteiger partial charge in [0.25, 0.3) is 0 Å². The normalized spacial score (nSPS) is 19.1. The van der Waals surface area contributed by atoms with Crippen molar-refractivity contribution in [1.82, 2.24) is 0 Å². The van der Waals surface area contributed by atoms with Crippen LogP contribution in [-0.4, -0.2) is 18.3 Å². The molecule has 1 atom stereocenters. The van der Waals surface area contributed by atoms with Crippen LogP contribution in [0.2, 0.25) is 0 Å². The molecule has 1 saturated heterocycles. The predicted molar refractivity (Wildman–Crippen MR) is 72.3 cm³/mol. The van der Waals surface area contributed by atoms with E-state index in [9.17, 15) is 18.3 Å². The summed E-state index contributed by atoms with van der Waals surface area (Å²) in [4.78, 5) is 0. The Morgan fingerprint density at radius 1 is 1.30 bits per heavy atom. The summed E-state index contributed by atoms with van der Waals surface area (Å²) in [6.07, 6.45) is -3.64. The molecular formula is C14H16BrF3O2. The summed E-state index contributed by atoms with van der Waals surface area (Å²) in [7, 11) is 0. The van der Waals surface area contributed by atoms with Crippen LogP contribution in [0.15, 0.2) is 22.7 Å². The van der Waals surface area contributed by atoms with Gasteiger partial charge in [-0.1, -0.05) is 22.0 Å². The van der Waals surface area contributed by atoms with E-state index in [-0.39, 0.29) is 11.5 Å². The van der Waals surface area contributed by atoms with Gasteiger partial charge in [0.2, 0.25) is 0 Å². The number of benzene rings is 1. The van der Waals surface area contributed by atoms with Crippen molar-refractivity contribution in [2.75, 3.05) is 13.2 Å². The molecular weight excluding hydrogens is 337 g/mol.